The highest BCUT2D eigenvalue weighted by Gasteiger charge is 2.30. The molecule has 0 spiro atoms. The van der Waals surface area contributed by atoms with Crippen LogP contribution in [-0.4, -0.2) is 39.1 Å². The van der Waals surface area contributed by atoms with Gasteiger partial charge in [-0.2, -0.15) is 0 Å². The summed E-state index contributed by atoms with van der Waals surface area (Å²) in [6.07, 6.45) is 0. The molecule has 24 heavy (non-hydrogen) atoms. The number of carbonyl (C=O) groups is 2. The SMILES string of the molecule is COc1ccc(C(=O)N(NC(=O)c2snnc2C)C(C)(C)C)cc1. The maximum atomic E-state index is 12.8. The quantitative estimate of drug-likeness (QED) is 0.861. The smallest absolute Gasteiger partial charge is 0.283 e. The number of nitrogens with zero attached hydrogens (tertiary/aromatic N) is 3. The molecule has 0 saturated heterocycles. The second-order valence-electron chi connectivity index (χ2n) is 6.17. The topological polar surface area (TPSA) is 84.4 Å². The Morgan fingerprint density at radius 1 is 1.21 bits per heavy atom. The van der Waals surface area contributed by atoms with Gasteiger partial charge < -0.3 is 4.74 Å². The van der Waals surface area contributed by atoms with Gasteiger partial charge in [0.1, 0.15) is 10.6 Å². The summed E-state index contributed by atoms with van der Waals surface area (Å²) in [6, 6.07) is 6.72. The molecule has 0 aliphatic heterocycles. The van der Waals surface area contributed by atoms with E-state index in [-0.39, 0.29) is 5.91 Å². The zero-order valence-electron chi connectivity index (χ0n) is 14.3. The Bertz CT molecular complexity index is 735. The molecule has 7 nitrogen and oxygen atoms in total. The van der Waals surface area contributed by atoms with Gasteiger partial charge in [-0.25, -0.2) is 5.01 Å². The first-order valence-corrected chi connectivity index (χ1v) is 8.10. The van der Waals surface area contributed by atoms with E-state index in [2.05, 4.69) is 15.0 Å². The normalized spacial score (nSPS) is 11.0. The lowest BCUT2D eigenvalue weighted by atomic mass is 10.1. The predicted molar refractivity (Wildman–Crippen MR) is 91.0 cm³/mol. The van der Waals surface area contributed by atoms with Crippen LogP contribution in [0.4, 0.5) is 0 Å². The lowest BCUT2D eigenvalue weighted by molar-refractivity contribution is 0.0360. The Morgan fingerprint density at radius 3 is 2.29 bits per heavy atom. The monoisotopic (exact) mass is 348 g/mol. The van der Waals surface area contributed by atoms with Gasteiger partial charge in [-0.15, -0.1) is 5.10 Å². The van der Waals surface area contributed by atoms with Crippen LogP contribution in [0.15, 0.2) is 24.3 Å². The first kappa shape index (κ1) is 17.9. The molecule has 8 heteroatoms. The largest absolute Gasteiger partial charge is 0.497 e. The van der Waals surface area contributed by atoms with Crippen LogP contribution in [0.25, 0.3) is 0 Å². The first-order chi connectivity index (χ1) is 11.2. The summed E-state index contributed by atoms with van der Waals surface area (Å²) < 4.78 is 8.84. The Morgan fingerprint density at radius 2 is 1.83 bits per heavy atom. The number of hydrazine groups is 1. The van der Waals surface area contributed by atoms with Crippen molar-refractivity contribution < 1.29 is 14.3 Å². The minimum absolute atomic E-state index is 0.311. The van der Waals surface area contributed by atoms with Crippen LogP contribution in [0.1, 0.15) is 46.5 Å². The molecule has 0 radical (unpaired) electrons. The Hall–Kier alpha value is -2.48. The molecule has 0 atom stereocenters. The standard InChI is InChI=1S/C16H20N4O3S/c1-10-13(24-19-17-10)14(21)18-20(16(2,3)4)15(22)11-6-8-12(23-5)9-7-11/h6-9H,1-5H3,(H,18,21). The van der Waals surface area contributed by atoms with Crippen molar-refractivity contribution in [3.05, 3.63) is 40.4 Å². The lowest BCUT2D eigenvalue weighted by Gasteiger charge is -2.35. The second kappa shape index (κ2) is 6.96. The molecule has 2 rings (SSSR count). The molecule has 0 saturated carbocycles. The van der Waals surface area contributed by atoms with Crippen molar-refractivity contribution in [2.24, 2.45) is 0 Å². The number of rotatable bonds is 3. The van der Waals surface area contributed by atoms with E-state index in [1.54, 1.807) is 38.3 Å². The fraction of sp³-hybridized carbons (Fsp3) is 0.375. The minimum Gasteiger partial charge on any atom is -0.497 e. The summed E-state index contributed by atoms with van der Waals surface area (Å²) >= 11 is 0.995. The molecule has 2 aromatic rings. The van der Waals surface area contributed by atoms with Crippen LogP contribution >= 0.6 is 11.5 Å². The molecule has 1 aromatic heterocycles. The molecule has 1 aromatic carbocycles. The zero-order valence-corrected chi connectivity index (χ0v) is 15.1. The summed E-state index contributed by atoms with van der Waals surface area (Å²) in [5.74, 6) is -0.0582. The molecule has 1 heterocycles. The van der Waals surface area contributed by atoms with Crippen LogP contribution in [-0.2, 0) is 0 Å². The van der Waals surface area contributed by atoms with E-state index in [9.17, 15) is 9.59 Å². The average Bonchev–Trinajstić information content (AvgIpc) is 2.97. The maximum Gasteiger partial charge on any atom is 0.283 e. The number of nitrogens with one attached hydrogen (secondary N) is 1. The van der Waals surface area contributed by atoms with E-state index in [0.717, 1.165) is 11.5 Å². The molecule has 0 fully saturated rings. The number of hydrogen-bond acceptors (Lipinski definition) is 6. The average molecular weight is 348 g/mol. The molecule has 0 bridgehead atoms. The fourth-order valence-electron chi connectivity index (χ4n) is 1.98. The van der Waals surface area contributed by atoms with Crippen LogP contribution in [0.3, 0.4) is 0 Å². The van der Waals surface area contributed by atoms with E-state index >= 15 is 0 Å². The van der Waals surface area contributed by atoms with Crippen molar-refractivity contribution in [3.8, 4) is 5.75 Å². The van der Waals surface area contributed by atoms with Gasteiger partial charge >= 0.3 is 0 Å². The summed E-state index contributed by atoms with van der Waals surface area (Å²) in [7, 11) is 1.56. The number of benzene rings is 1. The van der Waals surface area contributed by atoms with Crippen molar-refractivity contribution in [2.45, 2.75) is 33.2 Å². The van der Waals surface area contributed by atoms with Gasteiger partial charge in [0.2, 0.25) is 0 Å². The van der Waals surface area contributed by atoms with Gasteiger partial charge in [0.25, 0.3) is 11.8 Å². The zero-order chi connectivity index (χ0) is 17.9. The molecule has 128 valence electrons. The maximum absolute atomic E-state index is 12.8. The summed E-state index contributed by atoms with van der Waals surface area (Å²) in [5, 5.41) is 5.14. The van der Waals surface area contributed by atoms with Gasteiger partial charge in [-0.1, -0.05) is 4.49 Å². The van der Waals surface area contributed by atoms with E-state index in [0.29, 0.717) is 21.9 Å². The highest BCUT2D eigenvalue weighted by molar-refractivity contribution is 7.07. The van der Waals surface area contributed by atoms with Crippen LogP contribution in [0, 0.1) is 6.92 Å². The third-order valence-corrected chi connectivity index (χ3v) is 4.11. The third kappa shape index (κ3) is 3.88. The van der Waals surface area contributed by atoms with E-state index in [4.69, 9.17) is 4.74 Å². The van der Waals surface area contributed by atoms with Crippen molar-refractivity contribution in [1.29, 1.82) is 0 Å². The van der Waals surface area contributed by atoms with Gasteiger partial charge in [0.05, 0.1) is 18.3 Å². The predicted octanol–water partition coefficient (Wildman–Crippen LogP) is 2.44. The second-order valence-corrected chi connectivity index (χ2v) is 6.92. The first-order valence-electron chi connectivity index (χ1n) is 7.32. The number of ether oxygens (including phenoxy) is 1. The highest BCUT2D eigenvalue weighted by Crippen LogP contribution is 2.19. The molecule has 0 unspecified atom stereocenters. The molecular formula is C16H20N4O3S. The van der Waals surface area contributed by atoms with Crippen LogP contribution in [0.5, 0.6) is 5.75 Å². The Kier molecular flexibility index (Phi) is 5.18. The molecular weight excluding hydrogens is 328 g/mol. The minimum atomic E-state index is -0.612. The molecule has 1 N–H and O–H groups in total. The van der Waals surface area contributed by atoms with E-state index in [1.165, 1.54) is 5.01 Å². The van der Waals surface area contributed by atoms with E-state index < -0.39 is 11.4 Å². The number of aryl methyl sites for hydroxylation is 1. The third-order valence-electron chi connectivity index (χ3n) is 3.28. The van der Waals surface area contributed by atoms with Crippen molar-refractivity contribution in [3.63, 3.8) is 0 Å². The molecule has 0 aliphatic carbocycles. The van der Waals surface area contributed by atoms with Gasteiger partial charge in [0.15, 0.2) is 0 Å². The molecule has 0 aliphatic rings. The number of hydrogen-bond donors (Lipinski definition) is 1. The Balaban J connectivity index is 2.26. The van der Waals surface area contributed by atoms with Gasteiger partial charge in [0, 0.05) is 5.56 Å². The van der Waals surface area contributed by atoms with Crippen LogP contribution in [0.2, 0.25) is 0 Å². The number of methoxy groups -OCH3 is 1. The molecule has 2 amide bonds. The van der Waals surface area contributed by atoms with Gasteiger partial charge in [-0.05, 0) is 63.5 Å². The number of amides is 2. The number of aromatic nitrogens is 2. The summed E-state index contributed by atoms with van der Waals surface area (Å²) in [6.45, 7) is 7.22. The van der Waals surface area contributed by atoms with Crippen molar-refractivity contribution >= 4 is 23.3 Å². The summed E-state index contributed by atoms with van der Waals surface area (Å²) in [5.41, 5.74) is 3.04. The lowest BCUT2D eigenvalue weighted by Crippen LogP contribution is -2.55. The van der Waals surface area contributed by atoms with Crippen LogP contribution < -0.4 is 10.2 Å². The number of carbonyl (C=O) groups excluding carboxylic acids is 2. The van der Waals surface area contributed by atoms with Crippen molar-refractivity contribution in [1.82, 2.24) is 20.0 Å². The van der Waals surface area contributed by atoms with E-state index in [1.807, 2.05) is 20.8 Å². The summed E-state index contributed by atoms with van der Waals surface area (Å²) in [4.78, 5) is 25.6. The van der Waals surface area contributed by atoms with Gasteiger partial charge in [-0.3, -0.25) is 15.0 Å². The fourth-order valence-corrected chi connectivity index (χ4v) is 2.52. The highest BCUT2D eigenvalue weighted by atomic mass is 32.1. The van der Waals surface area contributed by atoms with Crippen molar-refractivity contribution in [2.75, 3.05) is 7.11 Å². The Labute approximate surface area is 144 Å².